The number of rotatable bonds is 8. The SMILES string of the molecule is NN=CNc1cccc(NC(=O)Cc2ccc(OCC(=O)O)cc2)c1. The van der Waals surface area contributed by atoms with Crippen LogP contribution in [0.3, 0.4) is 0 Å². The van der Waals surface area contributed by atoms with E-state index in [1.807, 2.05) is 6.07 Å². The number of nitrogens with two attached hydrogens (primary N) is 1. The fraction of sp³-hybridized carbons (Fsp3) is 0.118. The molecule has 2 aromatic carbocycles. The average Bonchev–Trinajstić information content (AvgIpc) is 2.59. The highest BCUT2D eigenvalue weighted by molar-refractivity contribution is 5.93. The van der Waals surface area contributed by atoms with Gasteiger partial charge in [-0.2, -0.15) is 5.10 Å². The summed E-state index contributed by atoms with van der Waals surface area (Å²) in [6.45, 7) is -0.404. The summed E-state index contributed by atoms with van der Waals surface area (Å²) in [6, 6.07) is 13.8. The third-order valence-corrected chi connectivity index (χ3v) is 3.10. The Hall–Kier alpha value is -3.55. The van der Waals surface area contributed by atoms with Gasteiger partial charge in [0.05, 0.1) is 6.42 Å². The van der Waals surface area contributed by atoms with Gasteiger partial charge in [-0.15, -0.1) is 0 Å². The summed E-state index contributed by atoms with van der Waals surface area (Å²) < 4.78 is 5.04. The Labute approximate surface area is 144 Å². The first-order valence-electron chi connectivity index (χ1n) is 7.38. The molecule has 0 heterocycles. The van der Waals surface area contributed by atoms with E-state index in [2.05, 4.69) is 15.7 Å². The summed E-state index contributed by atoms with van der Waals surface area (Å²) in [5, 5.41) is 17.6. The largest absolute Gasteiger partial charge is 0.482 e. The van der Waals surface area contributed by atoms with E-state index >= 15 is 0 Å². The van der Waals surface area contributed by atoms with Gasteiger partial charge < -0.3 is 26.3 Å². The third-order valence-electron chi connectivity index (χ3n) is 3.10. The number of aliphatic carboxylic acids is 1. The van der Waals surface area contributed by atoms with Gasteiger partial charge in [0.2, 0.25) is 5.91 Å². The van der Waals surface area contributed by atoms with E-state index in [-0.39, 0.29) is 12.3 Å². The number of ether oxygens (including phenoxy) is 1. The predicted molar refractivity (Wildman–Crippen MR) is 94.7 cm³/mol. The van der Waals surface area contributed by atoms with Crippen molar-refractivity contribution in [2.24, 2.45) is 10.9 Å². The van der Waals surface area contributed by atoms with Crippen LogP contribution in [0.25, 0.3) is 0 Å². The van der Waals surface area contributed by atoms with Gasteiger partial charge in [0.1, 0.15) is 12.1 Å². The Morgan fingerprint density at radius 1 is 1.16 bits per heavy atom. The van der Waals surface area contributed by atoms with Gasteiger partial charge in [-0.1, -0.05) is 18.2 Å². The zero-order valence-electron chi connectivity index (χ0n) is 13.3. The molecule has 1 amide bonds. The Morgan fingerprint density at radius 3 is 2.56 bits per heavy atom. The van der Waals surface area contributed by atoms with Gasteiger partial charge in [0.15, 0.2) is 6.61 Å². The van der Waals surface area contributed by atoms with E-state index < -0.39 is 12.6 Å². The summed E-state index contributed by atoms with van der Waals surface area (Å²) in [7, 11) is 0. The fourth-order valence-corrected chi connectivity index (χ4v) is 2.04. The van der Waals surface area contributed by atoms with E-state index in [0.717, 1.165) is 11.3 Å². The first kappa shape index (κ1) is 17.8. The fourth-order valence-electron chi connectivity index (χ4n) is 2.04. The van der Waals surface area contributed by atoms with E-state index in [0.29, 0.717) is 11.4 Å². The van der Waals surface area contributed by atoms with Crippen molar-refractivity contribution in [2.75, 3.05) is 17.2 Å². The number of hydrazone groups is 1. The van der Waals surface area contributed by atoms with E-state index in [1.54, 1.807) is 42.5 Å². The molecule has 0 fully saturated rings. The second-order valence-electron chi connectivity index (χ2n) is 5.05. The molecule has 0 aliphatic carbocycles. The summed E-state index contributed by atoms with van der Waals surface area (Å²) in [4.78, 5) is 22.6. The van der Waals surface area contributed by atoms with Crippen LogP contribution in [-0.4, -0.2) is 29.9 Å². The quantitative estimate of drug-likeness (QED) is 0.250. The molecule has 130 valence electrons. The van der Waals surface area contributed by atoms with Crippen LogP contribution in [0.2, 0.25) is 0 Å². The number of carboxylic acid groups (broad SMARTS) is 1. The first-order valence-corrected chi connectivity index (χ1v) is 7.38. The highest BCUT2D eigenvalue weighted by Gasteiger charge is 2.06. The number of carbonyl (C=O) groups is 2. The number of carboxylic acids is 1. The van der Waals surface area contributed by atoms with Crippen molar-refractivity contribution in [1.82, 2.24) is 0 Å². The maximum Gasteiger partial charge on any atom is 0.341 e. The van der Waals surface area contributed by atoms with E-state index in [4.69, 9.17) is 15.7 Å². The van der Waals surface area contributed by atoms with Gasteiger partial charge in [-0.05, 0) is 35.9 Å². The van der Waals surface area contributed by atoms with Crippen LogP contribution >= 0.6 is 0 Å². The van der Waals surface area contributed by atoms with Crippen molar-refractivity contribution >= 4 is 29.6 Å². The average molecular weight is 342 g/mol. The molecule has 2 rings (SSSR count). The van der Waals surface area contributed by atoms with Crippen LogP contribution in [0.4, 0.5) is 11.4 Å². The van der Waals surface area contributed by atoms with E-state index in [9.17, 15) is 9.59 Å². The van der Waals surface area contributed by atoms with Crippen molar-refractivity contribution in [3.63, 3.8) is 0 Å². The van der Waals surface area contributed by atoms with Crippen LogP contribution in [-0.2, 0) is 16.0 Å². The zero-order chi connectivity index (χ0) is 18.1. The lowest BCUT2D eigenvalue weighted by atomic mass is 10.1. The minimum absolute atomic E-state index is 0.177. The van der Waals surface area contributed by atoms with Crippen LogP contribution < -0.4 is 21.2 Å². The van der Waals surface area contributed by atoms with Crippen molar-refractivity contribution < 1.29 is 19.4 Å². The molecule has 0 saturated carbocycles. The lowest BCUT2D eigenvalue weighted by Crippen LogP contribution is -2.14. The molecule has 0 aliphatic heterocycles. The molecule has 0 bridgehead atoms. The maximum absolute atomic E-state index is 12.1. The number of hydrogen-bond acceptors (Lipinski definition) is 5. The summed E-state index contributed by atoms with van der Waals surface area (Å²) in [5.41, 5.74) is 2.17. The minimum Gasteiger partial charge on any atom is -0.482 e. The molecule has 0 aliphatic rings. The molecule has 0 spiro atoms. The number of benzene rings is 2. The number of hydrogen-bond donors (Lipinski definition) is 4. The number of carbonyl (C=O) groups excluding carboxylic acids is 1. The highest BCUT2D eigenvalue weighted by Crippen LogP contribution is 2.16. The molecule has 5 N–H and O–H groups in total. The molecule has 0 radical (unpaired) electrons. The summed E-state index contributed by atoms with van der Waals surface area (Å²) in [5.74, 6) is 4.24. The van der Waals surface area contributed by atoms with Gasteiger partial charge in [-0.25, -0.2) is 4.79 Å². The Bertz CT molecular complexity index is 759. The zero-order valence-corrected chi connectivity index (χ0v) is 13.3. The normalized spacial score (nSPS) is 10.4. The summed E-state index contributed by atoms with van der Waals surface area (Å²) in [6.07, 6.45) is 1.52. The van der Waals surface area contributed by atoms with Crippen LogP contribution in [0.15, 0.2) is 53.6 Å². The lowest BCUT2D eigenvalue weighted by molar-refractivity contribution is -0.139. The van der Waals surface area contributed by atoms with Crippen molar-refractivity contribution in [3.05, 3.63) is 54.1 Å². The Kier molecular flexibility index (Phi) is 6.35. The first-order chi connectivity index (χ1) is 12.1. The predicted octanol–water partition coefficient (Wildman–Crippen LogP) is 1.65. The minimum atomic E-state index is -1.04. The van der Waals surface area contributed by atoms with Crippen molar-refractivity contribution in [1.29, 1.82) is 0 Å². The van der Waals surface area contributed by atoms with Crippen LogP contribution in [0, 0.1) is 0 Å². The third kappa shape index (κ3) is 6.22. The second-order valence-corrected chi connectivity index (χ2v) is 5.05. The molecule has 8 nitrogen and oxygen atoms in total. The lowest BCUT2D eigenvalue weighted by Gasteiger charge is -2.08. The van der Waals surface area contributed by atoms with Crippen molar-refractivity contribution in [2.45, 2.75) is 6.42 Å². The van der Waals surface area contributed by atoms with Gasteiger partial charge >= 0.3 is 5.97 Å². The van der Waals surface area contributed by atoms with Gasteiger partial charge in [0.25, 0.3) is 0 Å². The molecule has 25 heavy (non-hydrogen) atoms. The topological polar surface area (TPSA) is 126 Å². The second kappa shape index (κ2) is 8.92. The maximum atomic E-state index is 12.1. The van der Waals surface area contributed by atoms with Crippen molar-refractivity contribution in [3.8, 4) is 5.75 Å². The number of amides is 1. The molecule has 8 heteroatoms. The monoisotopic (exact) mass is 342 g/mol. The molecule has 2 aromatic rings. The van der Waals surface area contributed by atoms with Gasteiger partial charge in [0, 0.05) is 11.4 Å². The van der Waals surface area contributed by atoms with Crippen LogP contribution in [0.1, 0.15) is 5.56 Å². The van der Waals surface area contributed by atoms with Crippen LogP contribution in [0.5, 0.6) is 5.75 Å². The highest BCUT2D eigenvalue weighted by atomic mass is 16.5. The summed E-state index contributed by atoms with van der Waals surface area (Å²) >= 11 is 0. The molecule has 0 atom stereocenters. The van der Waals surface area contributed by atoms with E-state index in [1.165, 1.54) is 6.34 Å². The number of nitrogens with one attached hydrogen (secondary N) is 2. The molecule has 0 saturated heterocycles. The number of anilines is 2. The standard InChI is InChI=1S/C17H18N4O4/c18-20-11-19-13-2-1-3-14(9-13)21-16(22)8-12-4-6-15(7-5-12)25-10-17(23)24/h1-7,9,11H,8,10,18H2,(H,19,20)(H,21,22)(H,23,24). The molecular formula is C17H18N4O4. The molecule has 0 aromatic heterocycles. The number of nitrogens with zero attached hydrogens (tertiary/aromatic N) is 1. The van der Waals surface area contributed by atoms with Gasteiger partial charge in [-0.3, -0.25) is 4.79 Å². The molecular weight excluding hydrogens is 324 g/mol. The smallest absolute Gasteiger partial charge is 0.341 e. The molecule has 0 unspecified atom stereocenters. The Morgan fingerprint density at radius 2 is 1.88 bits per heavy atom. The Balaban J connectivity index is 1.90.